The molecule has 2 N–H and O–H groups in total. The van der Waals surface area contributed by atoms with E-state index in [0.717, 1.165) is 43.9 Å². The van der Waals surface area contributed by atoms with Gasteiger partial charge in [0.1, 0.15) is 0 Å². The molecule has 0 atom stereocenters. The standard InChI is InChI=1S/C18H29N3O2/c1-14(2)20-17-6-4-5-16(11-17)12-19-18(22)21(3)13-15-7-9-23-10-8-15/h4-6,11,14-15,20H,7-10,12-13H2,1-3H3,(H,19,22). The molecule has 0 aromatic heterocycles. The van der Waals surface area contributed by atoms with E-state index in [1.807, 2.05) is 25.2 Å². The minimum Gasteiger partial charge on any atom is -0.383 e. The van der Waals surface area contributed by atoms with Gasteiger partial charge in [-0.25, -0.2) is 4.79 Å². The van der Waals surface area contributed by atoms with E-state index < -0.39 is 0 Å². The number of amides is 2. The van der Waals surface area contributed by atoms with Gasteiger partial charge in [-0.15, -0.1) is 0 Å². The van der Waals surface area contributed by atoms with Crippen LogP contribution in [0.2, 0.25) is 0 Å². The van der Waals surface area contributed by atoms with Crippen LogP contribution in [0.4, 0.5) is 10.5 Å². The summed E-state index contributed by atoms with van der Waals surface area (Å²) in [6.45, 7) is 7.19. The fraction of sp³-hybridized carbons (Fsp3) is 0.611. The van der Waals surface area contributed by atoms with Crippen molar-refractivity contribution in [3.8, 4) is 0 Å². The third kappa shape index (κ3) is 6.10. The molecule has 1 heterocycles. The molecule has 1 saturated heterocycles. The quantitative estimate of drug-likeness (QED) is 0.847. The maximum Gasteiger partial charge on any atom is 0.317 e. The summed E-state index contributed by atoms with van der Waals surface area (Å²) in [5.41, 5.74) is 2.19. The van der Waals surface area contributed by atoms with Gasteiger partial charge < -0.3 is 20.3 Å². The summed E-state index contributed by atoms with van der Waals surface area (Å²) in [6, 6.07) is 8.55. The Hall–Kier alpha value is -1.75. The third-order valence-electron chi connectivity index (χ3n) is 4.05. The molecular weight excluding hydrogens is 290 g/mol. The van der Waals surface area contributed by atoms with Crippen LogP contribution in [0.5, 0.6) is 0 Å². The fourth-order valence-corrected chi connectivity index (χ4v) is 2.82. The van der Waals surface area contributed by atoms with E-state index in [0.29, 0.717) is 18.5 Å². The molecule has 128 valence electrons. The molecule has 0 bridgehead atoms. The minimum absolute atomic E-state index is 0.0151. The summed E-state index contributed by atoms with van der Waals surface area (Å²) in [4.78, 5) is 14.0. The molecule has 0 radical (unpaired) electrons. The lowest BCUT2D eigenvalue weighted by Crippen LogP contribution is -2.40. The number of rotatable bonds is 6. The van der Waals surface area contributed by atoms with Gasteiger partial charge in [0.25, 0.3) is 0 Å². The minimum atomic E-state index is -0.0151. The van der Waals surface area contributed by atoms with Crippen LogP contribution in [0.25, 0.3) is 0 Å². The third-order valence-corrected chi connectivity index (χ3v) is 4.05. The van der Waals surface area contributed by atoms with Crippen LogP contribution in [0.1, 0.15) is 32.3 Å². The van der Waals surface area contributed by atoms with Gasteiger partial charge in [0.05, 0.1) is 0 Å². The number of benzene rings is 1. The Morgan fingerprint density at radius 2 is 2.09 bits per heavy atom. The van der Waals surface area contributed by atoms with E-state index in [1.165, 1.54) is 0 Å². The molecule has 0 saturated carbocycles. The molecule has 1 aromatic carbocycles. The van der Waals surface area contributed by atoms with Crippen molar-refractivity contribution in [1.82, 2.24) is 10.2 Å². The van der Waals surface area contributed by atoms with Crippen molar-refractivity contribution < 1.29 is 9.53 Å². The highest BCUT2D eigenvalue weighted by Gasteiger charge is 2.18. The number of carbonyl (C=O) groups excluding carboxylic acids is 1. The number of carbonyl (C=O) groups is 1. The van der Waals surface area contributed by atoms with Crippen LogP contribution in [0, 0.1) is 5.92 Å². The van der Waals surface area contributed by atoms with E-state index >= 15 is 0 Å². The number of hydrogen-bond donors (Lipinski definition) is 2. The van der Waals surface area contributed by atoms with E-state index in [-0.39, 0.29) is 6.03 Å². The molecular formula is C18H29N3O2. The summed E-state index contributed by atoms with van der Waals surface area (Å²) >= 11 is 0. The van der Waals surface area contributed by atoms with Crippen molar-refractivity contribution in [2.24, 2.45) is 5.92 Å². The van der Waals surface area contributed by atoms with Gasteiger partial charge in [-0.2, -0.15) is 0 Å². The summed E-state index contributed by atoms with van der Waals surface area (Å²) in [7, 11) is 1.86. The summed E-state index contributed by atoms with van der Waals surface area (Å²) < 4.78 is 5.36. The zero-order valence-electron chi connectivity index (χ0n) is 14.5. The van der Waals surface area contributed by atoms with E-state index in [9.17, 15) is 4.79 Å². The van der Waals surface area contributed by atoms with Gasteiger partial charge in [0, 0.05) is 45.1 Å². The second kappa shape index (κ2) is 8.77. The Morgan fingerprint density at radius 1 is 1.35 bits per heavy atom. The fourth-order valence-electron chi connectivity index (χ4n) is 2.82. The predicted octanol–water partition coefficient (Wildman–Crippen LogP) is 3.07. The average molecular weight is 319 g/mol. The zero-order valence-corrected chi connectivity index (χ0v) is 14.5. The number of nitrogens with one attached hydrogen (secondary N) is 2. The van der Waals surface area contributed by atoms with Crippen molar-refractivity contribution in [2.75, 3.05) is 32.1 Å². The van der Waals surface area contributed by atoms with Crippen molar-refractivity contribution in [1.29, 1.82) is 0 Å². The van der Waals surface area contributed by atoms with Crippen LogP contribution in [-0.2, 0) is 11.3 Å². The molecule has 1 aromatic rings. The van der Waals surface area contributed by atoms with Crippen molar-refractivity contribution in [3.63, 3.8) is 0 Å². The zero-order chi connectivity index (χ0) is 16.7. The van der Waals surface area contributed by atoms with Gasteiger partial charge in [0.2, 0.25) is 0 Å². The number of urea groups is 1. The topological polar surface area (TPSA) is 53.6 Å². The largest absolute Gasteiger partial charge is 0.383 e. The Kier molecular flexibility index (Phi) is 6.71. The van der Waals surface area contributed by atoms with Gasteiger partial charge in [-0.1, -0.05) is 12.1 Å². The van der Waals surface area contributed by atoms with Crippen LogP contribution < -0.4 is 10.6 Å². The molecule has 1 aliphatic heterocycles. The first-order valence-electron chi connectivity index (χ1n) is 8.47. The van der Waals surface area contributed by atoms with Crippen molar-refractivity contribution >= 4 is 11.7 Å². The molecule has 23 heavy (non-hydrogen) atoms. The van der Waals surface area contributed by atoms with Crippen LogP contribution in [0.15, 0.2) is 24.3 Å². The number of anilines is 1. The highest BCUT2D eigenvalue weighted by Crippen LogP contribution is 2.16. The molecule has 2 amide bonds. The lowest BCUT2D eigenvalue weighted by atomic mass is 10.00. The lowest BCUT2D eigenvalue weighted by molar-refractivity contribution is 0.0586. The van der Waals surface area contributed by atoms with E-state index in [2.05, 4.69) is 30.5 Å². The van der Waals surface area contributed by atoms with E-state index in [4.69, 9.17) is 4.74 Å². The van der Waals surface area contributed by atoms with Gasteiger partial charge >= 0.3 is 6.03 Å². The molecule has 1 fully saturated rings. The molecule has 5 nitrogen and oxygen atoms in total. The highest BCUT2D eigenvalue weighted by molar-refractivity contribution is 5.73. The number of ether oxygens (including phenoxy) is 1. The molecule has 0 aliphatic carbocycles. The van der Waals surface area contributed by atoms with Gasteiger partial charge in [-0.3, -0.25) is 0 Å². The Labute approximate surface area is 139 Å². The normalized spacial score (nSPS) is 15.5. The van der Waals surface area contributed by atoms with Crippen molar-refractivity contribution in [3.05, 3.63) is 29.8 Å². The highest BCUT2D eigenvalue weighted by atomic mass is 16.5. The van der Waals surface area contributed by atoms with Crippen LogP contribution in [0.3, 0.4) is 0 Å². The van der Waals surface area contributed by atoms with Crippen LogP contribution >= 0.6 is 0 Å². The molecule has 0 unspecified atom stereocenters. The van der Waals surface area contributed by atoms with E-state index in [1.54, 1.807) is 4.90 Å². The summed E-state index contributed by atoms with van der Waals surface area (Å²) in [5.74, 6) is 0.554. The number of hydrogen-bond acceptors (Lipinski definition) is 3. The molecule has 0 spiro atoms. The molecule has 2 rings (SSSR count). The average Bonchev–Trinajstić information content (AvgIpc) is 2.53. The first kappa shape index (κ1) is 17.6. The number of nitrogens with zero attached hydrogens (tertiary/aromatic N) is 1. The monoisotopic (exact) mass is 319 g/mol. The predicted molar refractivity (Wildman–Crippen MR) is 93.6 cm³/mol. The SMILES string of the molecule is CC(C)Nc1cccc(CNC(=O)N(C)CC2CCOCC2)c1. The Bertz CT molecular complexity index is 499. The lowest BCUT2D eigenvalue weighted by Gasteiger charge is -2.27. The maximum atomic E-state index is 12.2. The second-order valence-electron chi connectivity index (χ2n) is 6.59. The Balaban J connectivity index is 1.78. The Morgan fingerprint density at radius 3 is 2.78 bits per heavy atom. The van der Waals surface area contributed by atoms with Gasteiger partial charge in [-0.05, 0) is 50.3 Å². The smallest absolute Gasteiger partial charge is 0.317 e. The second-order valence-corrected chi connectivity index (χ2v) is 6.59. The molecule has 5 heteroatoms. The summed E-state index contributed by atoms with van der Waals surface area (Å²) in [5, 5.41) is 6.37. The van der Waals surface area contributed by atoms with Crippen LogP contribution in [-0.4, -0.2) is 43.8 Å². The van der Waals surface area contributed by atoms with Crippen molar-refractivity contribution in [2.45, 2.75) is 39.3 Å². The van der Waals surface area contributed by atoms with Gasteiger partial charge in [0.15, 0.2) is 0 Å². The first-order valence-corrected chi connectivity index (χ1v) is 8.47. The first-order chi connectivity index (χ1) is 11.0. The maximum absolute atomic E-state index is 12.2. The summed E-state index contributed by atoms with van der Waals surface area (Å²) in [6.07, 6.45) is 2.08. The molecule has 1 aliphatic rings.